The lowest BCUT2D eigenvalue weighted by Gasteiger charge is -2.40. The Balaban J connectivity index is 1.89. The van der Waals surface area contributed by atoms with Crippen molar-refractivity contribution in [1.82, 2.24) is 9.88 Å². The van der Waals surface area contributed by atoms with Gasteiger partial charge in [-0.05, 0) is 26.8 Å². The zero-order valence-electron chi connectivity index (χ0n) is 12.2. The number of hydrogen-bond donors (Lipinski definition) is 1. The van der Waals surface area contributed by atoms with Gasteiger partial charge in [0, 0.05) is 25.4 Å². The number of rotatable bonds is 3. The number of amides is 1. The summed E-state index contributed by atoms with van der Waals surface area (Å²) in [5.41, 5.74) is -0.608. The maximum Gasteiger partial charge on any atom is 0.410 e. The van der Waals surface area contributed by atoms with Crippen LogP contribution in [0.3, 0.4) is 0 Å². The van der Waals surface area contributed by atoms with E-state index in [4.69, 9.17) is 4.74 Å². The van der Waals surface area contributed by atoms with Crippen molar-refractivity contribution in [2.75, 3.05) is 18.4 Å². The van der Waals surface area contributed by atoms with Crippen molar-refractivity contribution in [2.45, 2.75) is 32.4 Å². The first-order chi connectivity index (χ1) is 9.76. The Bertz CT molecular complexity index is 549. The van der Waals surface area contributed by atoms with Crippen LogP contribution >= 0.6 is 0 Å². The van der Waals surface area contributed by atoms with E-state index in [1.54, 1.807) is 20.8 Å². The molecule has 0 unspecified atom stereocenters. The van der Waals surface area contributed by atoms with E-state index in [0.29, 0.717) is 13.1 Å². The van der Waals surface area contributed by atoms with Crippen LogP contribution in [0.4, 0.5) is 16.3 Å². The van der Waals surface area contributed by atoms with E-state index in [2.05, 4.69) is 10.3 Å². The Morgan fingerprint density at radius 3 is 2.76 bits per heavy atom. The van der Waals surface area contributed by atoms with Gasteiger partial charge < -0.3 is 15.0 Å². The van der Waals surface area contributed by atoms with Crippen molar-refractivity contribution in [2.24, 2.45) is 0 Å². The van der Waals surface area contributed by atoms with Gasteiger partial charge in [0.25, 0.3) is 0 Å². The third kappa shape index (κ3) is 3.80. The van der Waals surface area contributed by atoms with E-state index in [1.807, 2.05) is 0 Å². The Morgan fingerprint density at radius 2 is 2.19 bits per heavy atom. The molecule has 0 spiro atoms. The van der Waals surface area contributed by atoms with Gasteiger partial charge in [0.05, 0.1) is 11.0 Å². The van der Waals surface area contributed by atoms with Crippen molar-refractivity contribution in [3.63, 3.8) is 0 Å². The van der Waals surface area contributed by atoms with E-state index in [9.17, 15) is 14.9 Å². The highest BCUT2D eigenvalue weighted by molar-refractivity contribution is 5.70. The monoisotopic (exact) mass is 294 g/mol. The average molecular weight is 294 g/mol. The number of pyridine rings is 1. The number of nitrogens with zero attached hydrogens (tertiary/aromatic N) is 3. The zero-order chi connectivity index (χ0) is 15.6. The first kappa shape index (κ1) is 15.0. The summed E-state index contributed by atoms with van der Waals surface area (Å²) in [4.78, 5) is 27.7. The first-order valence-electron chi connectivity index (χ1n) is 6.60. The fourth-order valence-electron chi connectivity index (χ4n) is 1.89. The molecule has 1 aliphatic heterocycles. The number of ether oxygens (including phenoxy) is 1. The normalized spacial score (nSPS) is 15.3. The quantitative estimate of drug-likeness (QED) is 0.676. The van der Waals surface area contributed by atoms with Gasteiger partial charge in [-0.1, -0.05) is 0 Å². The van der Waals surface area contributed by atoms with E-state index in [1.165, 1.54) is 23.2 Å². The van der Waals surface area contributed by atoms with Crippen LogP contribution in [0.15, 0.2) is 18.3 Å². The predicted octanol–water partition coefficient (Wildman–Crippen LogP) is 2.02. The largest absolute Gasteiger partial charge is 0.444 e. The van der Waals surface area contributed by atoms with Crippen LogP contribution in [0.5, 0.6) is 0 Å². The van der Waals surface area contributed by atoms with Crippen molar-refractivity contribution in [1.29, 1.82) is 0 Å². The molecule has 1 amide bonds. The Kier molecular flexibility index (Phi) is 3.97. The second kappa shape index (κ2) is 5.55. The standard InChI is InChI=1S/C13H18N4O4/c1-13(2,3)21-12(18)16-7-9(8-16)15-11-10(17(19)20)5-4-6-14-11/h4-6,9H,7-8H2,1-3H3,(H,14,15). The molecule has 2 heterocycles. The molecule has 0 atom stereocenters. The van der Waals surface area contributed by atoms with Crippen LogP contribution < -0.4 is 5.32 Å². The van der Waals surface area contributed by atoms with Gasteiger partial charge in [-0.3, -0.25) is 10.1 Å². The SMILES string of the molecule is CC(C)(C)OC(=O)N1CC(Nc2ncccc2[N+](=O)[O-])C1. The second-order valence-electron chi connectivity index (χ2n) is 5.85. The maximum atomic E-state index is 11.8. The zero-order valence-corrected chi connectivity index (χ0v) is 12.2. The van der Waals surface area contributed by atoms with Gasteiger partial charge in [-0.15, -0.1) is 0 Å². The molecule has 114 valence electrons. The molecular weight excluding hydrogens is 276 g/mol. The fourth-order valence-corrected chi connectivity index (χ4v) is 1.89. The summed E-state index contributed by atoms with van der Waals surface area (Å²) in [5.74, 6) is 0.219. The van der Waals surface area contributed by atoms with Crippen molar-refractivity contribution in [3.8, 4) is 0 Å². The predicted molar refractivity (Wildman–Crippen MR) is 76.1 cm³/mol. The van der Waals surface area contributed by atoms with Gasteiger partial charge in [0.2, 0.25) is 5.82 Å². The van der Waals surface area contributed by atoms with Gasteiger partial charge >= 0.3 is 11.8 Å². The van der Waals surface area contributed by atoms with Gasteiger partial charge in [0.15, 0.2) is 0 Å². The summed E-state index contributed by atoms with van der Waals surface area (Å²) in [5, 5.41) is 13.9. The summed E-state index contributed by atoms with van der Waals surface area (Å²) >= 11 is 0. The van der Waals surface area contributed by atoms with E-state index in [0.717, 1.165) is 0 Å². The van der Waals surface area contributed by atoms with Crippen LogP contribution in [-0.4, -0.2) is 45.6 Å². The van der Waals surface area contributed by atoms with Crippen LogP contribution in [0.2, 0.25) is 0 Å². The second-order valence-corrected chi connectivity index (χ2v) is 5.85. The van der Waals surface area contributed by atoms with E-state index < -0.39 is 10.5 Å². The summed E-state index contributed by atoms with van der Waals surface area (Å²) in [6, 6.07) is 2.84. The molecule has 0 radical (unpaired) electrons. The van der Waals surface area contributed by atoms with Crippen molar-refractivity contribution in [3.05, 3.63) is 28.4 Å². The molecule has 0 aliphatic carbocycles. The molecule has 2 rings (SSSR count). The highest BCUT2D eigenvalue weighted by atomic mass is 16.6. The van der Waals surface area contributed by atoms with Crippen LogP contribution in [0.25, 0.3) is 0 Å². The molecule has 1 fully saturated rings. The number of carbonyl (C=O) groups is 1. The van der Waals surface area contributed by atoms with Gasteiger partial charge in [-0.25, -0.2) is 9.78 Å². The molecule has 1 saturated heterocycles. The molecule has 1 aliphatic rings. The Morgan fingerprint density at radius 1 is 1.52 bits per heavy atom. The number of anilines is 1. The lowest BCUT2D eigenvalue weighted by molar-refractivity contribution is -0.384. The third-order valence-electron chi connectivity index (χ3n) is 2.86. The molecule has 8 nitrogen and oxygen atoms in total. The molecule has 8 heteroatoms. The molecule has 1 aromatic rings. The van der Waals surface area contributed by atoms with Crippen LogP contribution in [0.1, 0.15) is 20.8 Å². The fraction of sp³-hybridized carbons (Fsp3) is 0.538. The first-order valence-corrected chi connectivity index (χ1v) is 6.60. The van der Waals surface area contributed by atoms with E-state index >= 15 is 0 Å². The Labute approximate surface area is 122 Å². The minimum atomic E-state index is -0.532. The van der Waals surface area contributed by atoms with Gasteiger partial charge in [0.1, 0.15) is 5.60 Å². The average Bonchev–Trinajstić information content (AvgIpc) is 2.31. The molecule has 21 heavy (non-hydrogen) atoms. The van der Waals surface area contributed by atoms with Crippen molar-refractivity contribution < 1.29 is 14.5 Å². The third-order valence-corrected chi connectivity index (χ3v) is 2.86. The molecular formula is C13H18N4O4. The molecule has 1 aromatic heterocycles. The molecule has 0 aromatic carbocycles. The van der Waals surface area contributed by atoms with Crippen LogP contribution in [-0.2, 0) is 4.74 Å². The smallest absolute Gasteiger partial charge is 0.410 e. The molecule has 0 bridgehead atoms. The van der Waals surface area contributed by atoms with Gasteiger partial charge in [-0.2, -0.15) is 0 Å². The number of nitro groups is 1. The summed E-state index contributed by atoms with van der Waals surface area (Å²) in [6.07, 6.45) is 1.11. The number of likely N-dealkylation sites (tertiary alicyclic amines) is 1. The topological polar surface area (TPSA) is 97.6 Å². The molecule has 0 saturated carbocycles. The lowest BCUT2D eigenvalue weighted by Crippen LogP contribution is -2.58. The summed E-state index contributed by atoms with van der Waals surface area (Å²) in [7, 11) is 0. The number of hydrogen-bond acceptors (Lipinski definition) is 6. The summed E-state index contributed by atoms with van der Waals surface area (Å²) < 4.78 is 5.24. The highest BCUT2D eigenvalue weighted by Crippen LogP contribution is 2.24. The highest BCUT2D eigenvalue weighted by Gasteiger charge is 2.34. The summed E-state index contributed by atoms with van der Waals surface area (Å²) in [6.45, 7) is 6.28. The van der Waals surface area contributed by atoms with Crippen LogP contribution in [0, 0.1) is 10.1 Å². The number of aromatic nitrogens is 1. The minimum Gasteiger partial charge on any atom is -0.444 e. The Hall–Kier alpha value is -2.38. The lowest BCUT2D eigenvalue weighted by atomic mass is 10.1. The molecule has 1 N–H and O–H groups in total. The number of nitrogens with one attached hydrogen (secondary N) is 1. The van der Waals surface area contributed by atoms with E-state index in [-0.39, 0.29) is 23.6 Å². The number of carbonyl (C=O) groups excluding carboxylic acids is 1. The maximum absolute atomic E-state index is 11.8. The van der Waals surface area contributed by atoms with Crippen molar-refractivity contribution >= 4 is 17.6 Å². The minimum absolute atomic E-state index is 0.0638.